The van der Waals surface area contributed by atoms with Crippen LogP contribution in [0.1, 0.15) is 10.4 Å². The summed E-state index contributed by atoms with van der Waals surface area (Å²) in [7, 11) is 0. The third-order valence-electron chi connectivity index (χ3n) is 2.59. The first-order valence-electron chi connectivity index (χ1n) is 5.29. The lowest BCUT2D eigenvalue weighted by atomic mass is 10.1. The van der Waals surface area contributed by atoms with Gasteiger partial charge in [0.05, 0.1) is 6.54 Å². The van der Waals surface area contributed by atoms with Gasteiger partial charge in [0.15, 0.2) is 5.78 Å². The van der Waals surface area contributed by atoms with Crippen molar-refractivity contribution >= 4 is 34.5 Å². The normalized spacial score (nSPS) is 15.4. The second-order valence-electron chi connectivity index (χ2n) is 3.69. The van der Waals surface area contributed by atoms with Gasteiger partial charge in [-0.3, -0.25) is 9.59 Å². The van der Waals surface area contributed by atoms with Crippen LogP contribution in [0.25, 0.3) is 0 Å². The van der Waals surface area contributed by atoms with Crippen molar-refractivity contribution < 1.29 is 9.59 Å². The SMILES string of the molecule is CSc1ccc(C(=O)CN2CCSC2=O)cc1. The lowest BCUT2D eigenvalue weighted by molar-refractivity contribution is 0.0956. The fourth-order valence-electron chi connectivity index (χ4n) is 1.61. The van der Waals surface area contributed by atoms with Crippen LogP contribution >= 0.6 is 23.5 Å². The minimum absolute atomic E-state index is 0.00787. The molecule has 0 N–H and O–H groups in total. The molecule has 1 saturated heterocycles. The highest BCUT2D eigenvalue weighted by Gasteiger charge is 2.23. The van der Waals surface area contributed by atoms with Gasteiger partial charge < -0.3 is 4.90 Å². The van der Waals surface area contributed by atoms with Crippen LogP contribution in [0.15, 0.2) is 29.2 Å². The molecule has 17 heavy (non-hydrogen) atoms. The van der Waals surface area contributed by atoms with Crippen LogP contribution in [-0.2, 0) is 0 Å². The fraction of sp³-hybridized carbons (Fsp3) is 0.333. The molecule has 0 spiro atoms. The summed E-state index contributed by atoms with van der Waals surface area (Å²) in [4.78, 5) is 26.1. The Balaban J connectivity index is 2.01. The Labute approximate surface area is 109 Å². The number of amides is 1. The van der Waals surface area contributed by atoms with E-state index in [2.05, 4.69) is 0 Å². The Morgan fingerprint density at radius 3 is 2.65 bits per heavy atom. The van der Waals surface area contributed by atoms with Crippen LogP contribution in [0.4, 0.5) is 4.79 Å². The number of benzene rings is 1. The Bertz CT molecular complexity index is 431. The zero-order chi connectivity index (χ0) is 12.3. The van der Waals surface area contributed by atoms with Crippen molar-refractivity contribution in [1.82, 2.24) is 4.90 Å². The van der Waals surface area contributed by atoms with Gasteiger partial charge >= 0.3 is 0 Å². The molecule has 5 heteroatoms. The average Bonchev–Trinajstić information content (AvgIpc) is 2.75. The third kappa shape index (κ3) is 3.04. The first-order chi connectivity index (χ1) is 8.20. The maximum absolute atomic E-state index is 11.9. The Hall–Kier alpha value is -0.940. The van der Waals surface area contributed by atoms with Crippen molar-refractivity contribution in [1.29, 1.82) is 0 Å². The van der Waals surface area contributed by atoms with Gasteiger partial charge in [0.1, 0.15) is 0 Å². The van der Waals surface area contributed by atoms with Gasteiger partial charge in [-0.05, 0) is 18.4 Å². The van der Waals surface area contributed by atoms with E-state index in [1.54, 1.807) is 16.7 Å². The summed E-state index contributed by atoms with van der Waals surface area (Å²) in [5, 5.41) is 0.0130. The summed E-state index contributed by atoms with van der Waals surface area (Å²) < 4.78 is 0. The number of hydrogen-bond donors (Lipinski definition) is 0. The fourth-order valence-corrected chi connectivity index (χ4v) is 2.84. The van der Waals surface area contributed by atoms with Crippen molar-refractivity contribution in [2.24, 2.45) is 0 Å². The van der Waals surface area contributed by atoms with Gasteiger partial charge in [-0.1, -0.05) is 23.9 Å². The summed E-state index contributed by atoms with van der Waals surface area (Å²) in [5.74, 6) is 0.797. The number of rotatable bonds is 4. The summed E-state index contributed by atoms with van der Waals surface area (Å²) in [6, 6.07) is 7.50. The molecule has 3 nitrogen and oxygen atoms in total. The molecule has 0 atom stereocenters. The minimum Gasteiger partial charge on any atom is -0.325 e. The molecule has 1 heterocycles. The van der Waals surface area contributed by atoms with Crippen LogP contribution in [0.2, 0.25) is 0 Å². The van der Waals surface area contributed by atoms with Crippen LogP contribution in [0.5, 0.6) is 0 Å². The predicted octanol–water partition coefficient (Wildman–Crippen LogP) is 2.76. The second kappa shape index (κ2) is 5.60. The van der Waals surface area contributed by atoms with Crippen LogP contribution in [0.3, 0.4) is 0 Å². The van der Waals surface area contributed by atoms with Gasteiger partial charge in [-0.2, -0.15) is 0 Å². The van der Waals surface area contributed by atoms with E-state index in [0.29, 0.717) is 12.1 Å². The van der Waals surface area contributed by atoms with E-state index in [9.17, 15) is 9.59 Å². The lowest BCUT2D eigenvalue weighted by Gasteiger charge is -2.13. The van der Waals surface area contributed by atoms with Gasteiger partial charge in [0.2, 0.25) is 0 Å². The van der Waals surface area contributed by atoms with Crippen molar-refractivity contribution in [3.8, 4) is 0 Å². The van der Waals surface area contributed by atoms with Crippen LogP contribution < -0.4 is 0 Å². The molecule has 0 radical (unpaired) electrons. The zero-order valence-corrected chi connectivity index (χ0v) is 11.1. The summed E-state index contributed by atoms with van der Waals surface area (Å²) in [6.07, 6.45) is 2.00. The molecule has 0 aliphatic carbocycles. The van der Waals surface area contributed by atoms with E-state index in [0.717, 1.165) is 10.6 Å². The molecule has 1 aliphatic heterocycles. The first kappa shape index (κ1) is 12.5. The summed E-state index contributed by atoms with van der Waals surface area (Å²) >= 11 is 2.92. The van der Waals surface area contributed by atoms with Crippen LogP contribution in [0, 0.1) is 0 Å². The number of carbonyl (C=O) groups is 2. The van der Waals surface area contributed by atoms with Gasteiger partial charge in [-0.15, -0.1) is 11.8 Å². The molecule has 1 fully saturated rings. The molecule has 1 aromatic carbocycles. The highest BCUT2D eigenvalue weighted by Crippen LogP contribution is 2.19. The predicted molar refractivity (Wildman–Crippen MR) is 72.0 cm³/mol. The standard InChI is InChI=1S/C12H13NO2S2/c1-16-10-4-2-9(3-5-10)11(14)8-13-6-7-17-12(13)15/h2-5H,6-8H2,1H3. The largest absolute Gasteiger partial charge is 0.325 e. The molecule has 1 aliphatic rings. The number of nitrogens with zero attached hydrogens (tertiary/aromatic N) is 1. The molecule has 0 saturated carbocycles. The van der Waals surface area contributed by atoms with Gasteiger partial charge in [0, 0.05) is 22.8 Å². The monoisotopic (exact) mass is 267 g/mol. The average molecular weight is 267 g/mol. The topological polar surface area (TPSA) is 37.4 Å². The third-order valence-corrected chi connectivity index (χ3v) is 4.23. The Morgan fingerprint density at radius 2 is 2.12 bits per heavy atom. The first-order valence-corrected chi connectivity index (χ1v) is 7.50. The number of hydrogen-bond acceptors (Lipinski definition) is 4. The molecule has 0 unspecified atom stereocenters. The molecule has 1 aromatic rings. The molecule has 0 aromatic heterocycles. The summed E-state index contributed by atoms with van der Waals surface area (Å²) in [6.45, 7) is 0.878. The van der Waals surface area contributed by atoms with E-state index >= 15 is 0 Å². The smallest absolute Gasteiger partial charge is 0.282 e. The maximum atomic E-state index is 11.9. The van der Waals surface area contributed by atoms with Crippen LogP contribution in [-0.4, -0.2) is 41.0 Å². The molecule has 90 valence electrons. The van der Waals surface area contributed by atoms with E-state index in [1.165, 1.54) is 11.8 Å². The van der Waals surface area contributed by atoms with E-state index in [4.69, 9.17) is 0 Å². The van der Waals surface area contributed by atoms with E-state index in [-0.39, 0.29) is 17.6 Å². The number of thioether (sulfide) groups is 2. The van der Waals surface area contributed by atoms with E-state index < -0.39 is 0 Å². The summed E-state index contributed by atoms with van der Waals surface area (Å²) in [5.41, 5.74) is 0.674. The maximum Gasteiger partial charge on any atom is 0.282 e. The highest BCUT2D eigenvalue weighted by atomic mass is 32.2. The molecular formula is C12H13NO2S2. The lowest BCUT2D eigenvalue weighted by Crippen LogP contribution is -2.29. The number of ketones is 1. The van der Waals surface area contributed by atoms with Gasteiger partial charge in [-0.25, -0.2) is 0 Å². The van der Waals surface area contributed by atoms with Crippen molar-refractivity contribution in [3.05, 3.63) is 29.8 Å². The quantitative estimate of drug-likeness (QED) is 0.621. The molecule has 0 bridgehead atoms. The van der Waals surface area contributed by atoms with E-state index in [1.807, 2.05) is 30.5 Å². The minimum atomic E-state index is 0.00787. The number of carbonyl (C=O) groups excluding carboxylic acids is 2. The number of Topliss-reactive ketones (excluding diaryl/α,β-unsaturated/α-hetero) is 1. The molecule has 1 amide bonds. The van der Waals surface area contributed by atoms with Gasteiger partial charge in [0.25, 0.3) is 5.24 Å². The zero-order valence-electron chi connectivity index (χ0n) is 9.51. The van der Waals surface area contributed by atoms with Crippen molar-refractivity contribution in [2.45, 2.75) is 4.90 Å². The van der Waals surface area contributed by atoms with Crippen molar-refractivity contribution in [3.63, 3.8) is 0 Å². The molecule has 2 rings (SSSR count). The Morgan fingerprint density at radius 1 is 1.41 bits per heavy atom. The highest BCUT2D eigenvalue weighted by molar-refractivity contribution is 8.13. The van der Waals surface area contributed by atoms with Crippen molar-refractivity contribution in [2.75, 3.05) is 25.1 Å². The Kier molecular flexibility index (Phi) is 4.12. The molecular weight excluding hydrogens is 254 g/mol. The second-order valence-corrected chi connectivity index (χ2v) is 5.61.